The van der Waals surface area contributed by atoms with Crippen molar-refractivity contribution in [1.29, 1.82) is 0 Å². The van der Waals surface area contributed by atoms with E-state index in [-0.39, 0.29) is 0 Å². The summed E-state index contributed by atoms with van der Waals surface area (Å²) in [5.74, 6) is 0.855. The van der Waals surface area contributed by atoms with Crippen LogP contribution in [0.25, 0.3) is 10.6 Å². The van der Waals surface area contributed by atoms with Gasteiger partial charge in [0.2, 0.25) is 0 Å². The zero-order valence-electron chi connectivity index (χ0n) is 11.9. The van der Waals surface area contributed by atoms with Gasteiger partial charge in [-0.05, 0) is 47.7 Å². The van der Waals surface area contributed by atoms with Crippen LogP contribution in [-0.2, 0) is 7.05 Å². The fraction of sp³-hybridized carbons (Fsp3) is 0.125. The van der Waals surface area contributed by atoms with Crippen molar-refractivity contribution < 1.29 is 9.42 Å². The summed E-state index contributed by atoms with van der Waals surface area (Å²) in [6, 6.07) is 18.0. The van der Waals surface area contributed by atoms with E-state index in [4.69, 9.17) is 4.74 Å². The summed E-state index contributed by atoms with van der Waals surface area (Å²) in [7, 11) is 3.62. The highest BCUT2D eigenvalue weighted by atomic mass is 32.1. The van der Waals surface area contributed by atoms with Gasteiger partial charge in [0.25, 0.3) is 10.1 Å². The number of nitrogens with one attached hydrogen (secondary N) is 1. The van der Waals surface area contributed by atoms with E-state index in [0.717, 1.165) is 27.1 Å². The summed E-state index contributed by atoms with van der Waals surface area (Å²) in [5, 5.41) is 9.80. The Kier molecular flexibility index (Phi) is 3.83. The van der Waals surface area contributed by atoms with Crippen LogP contribution >= 0.6 is 11.3 Å². The molecule has 0 radical (unpaired) electrons. The number of rotatable bonds is 4. The van der Waals surface area contributed by atoms with Gasteiger partial charge in [-0.15, -0.1) is 0 Å². The summed E-state index contributed by atoms with van der Waals surface area (Å²) in [6.45, 7) is 0. The number of hydrogen-bond acceptors (Lipinski definition) is 4. The van der Waals surface area contributed by atoms with Crippen molar-refractivity contribution >= 4 is 22.2 Å². The monoisotopic (exact) mass is 298 g/mol. The fourth-order valence-corrected chi connectivity index (χ4v) is 2.98. The lowest BCUT2D eigenvalue weighted by atomic mass is 10.2. The maximum Gasteiger partial charge on any atom is 0.297 e. The highest BCUT2D eigenvalue weighted by molar-refractivity contribution is 7.18. The first kappa shape index (κ1) is 13.6. The van der Waals surface area contributed by atoms with Crippen LogP contribution in [0.15, 0.2) is 54.6 Å². The van der Waals surface area contributed by atoms with Gasteiger partial charge in [0.15, 0.2) is 7.05 Å². The van der Waals surface area contributed by atoms with Gasteiger partial charge in [-0.2, -0.15) is 0 Å². The minimum absolute atomic E-state index is 0.855. The Morgan fingerprint density at radius 2 is 1.76 bits per heavy atom. The molecule has 2 aromatic carbocycles. The van der Waals surface area contributed by atoms with E-state index in [1.807, 2.05) is 66.3 Å². The smallest absolute Gasteiger partial charge is 0.297 e. The van der Waals surface area contributed by atoms with Crippen LogP contribution in [0.4, 0.5) is 10.8 Å². The van der Waals surface area contributed by atoms with E-state index >= 15 is 0 Å². The first-order chi connectivity index (χ1) is 10.3. The van der Waals surface area contributed by atoms with Crippen molar-refractivity contribution in [2.75, 3.05) is 12.4 Å². The maximum absolute atomic E-state index is 5.19. The minimum Gasteiger partial charge on any atom is -0.497 e. The number of ether oxygens (including phenoxy) is 1. The average molecular weight is 298 g/mol. The number of hydrogen-bond donors (Lipinski definition) is 1. The van der Waals surface area contributed by atoms with Gasteiger partial charge in [0.05, 0.1) is 12.7 Å². The van der Waals surface area contributed by atoms with Crippen LogP contribution in [0.2, 0.25) is 0 Å². The summed E-state index contributed by atoms with van der Waals surface area (Å²) in [6.07, 6.45) is 0. The molecule has 0 saturated heterocycles. The second kappa shape index (κ2) is 5.93. The molecule has 0 atom stereocenters. The minimum atomic E-state index is 0.855. The summed E-state index contributed by atoms with van der Waals surface area (Å²) in [5.41, 5.74) is 2.16. The summed E-state index contributed by atoms with van der Waals surface area (Å²) in [4.78, 5) is 0. The molecule has 0 spiro atoms. The van der Waals surface area contributed by atoms with Gasteiger partial charge >= 0.3 is 0 Å². The Morgan fingerprint density at radius 3 is 2.43 bits per heavy atom. The number of aromatic nitrogens is 2. The normalized spacial score (nSPS) is 10.4. The molecule has 0 aliphatic carbocycles. The standard InChI is InChI=1S/C16H16N3OS/c1-19-15(12-8-10-14(20-2)11-9-12)21-16(18-19)17-13-6-4-3-5-7-13/h3-11H,1-2H3,(H,17,18)/q+1. The SMILES string of the molecule is COc1ccc(-c2sc(Nc3ccccc3)n[n+]2C)cc1. The first-order valence-electron chi connectivity index (χ1n) is 6.60. The van der Waals surface area contributed by atoms with Crippen molar-refractivity contribution in [3.63, 3.8) is 0 Å². The molecular formula is C16H16N3OS+. The van der Waals surface area contributed by atoms with Crippen molar-refractivity contribution in [3.05, 3.63) is 54.6 Å². The quantitative estimate of drug-likeness (QED) is 0.750. The Balaban J connectivity index is 1.86. The van der Waals surface area contributed by atoms with E-state index in [1.165, 1.54) is 0 Å². The van der Waals surface area contributed by atoms with Crippen molar-refractivity contribution in [3.8, 4) is 16.3 Å². The van der Waals surface area contributed by atoms with Crippen LogP contribution in [-0.4, -0.2) is 12.2 Å². The van der Waals surface area contributed by atoms with Gasteiger partial charge in [-0.1, -0.05) is 22.9 Å². The van der Waals surface area contributed by atoms with E-state index in [1.54, 1.807) is 18.4 Å². The summed E-state index contributed by atoms with van der Waals surface area (Å²) < 4.78 is 7.07. The van der Waals surface area contributed by atoms with Crippen molar-refractivity contribution in [2.45, 2.75) is 0 Å². The molecule has 5 heteroatoms. The molecule has 0 amide bonds. The lowest BCUT2D eigenvalue weighted by Crippen LogP contribution is -2.31. The predicted molar refractivity (Wildman–Crippen MR) is 85.0 cm³/mol. The first-order valence-corrected chi connectivity index (χ1v) is 7.41. The molecule has 0 aliphatic heterocycles. The Labute approximate surface area is 127 Å². The van der Waals surface area contributed by atoms with Crippen LogP contribution in [0, 0.1) is 0 Å². The number of nitrogens with zero attached hydrogens (tertiary/aromatic N) is 2. The number of methoxy groups -OCH3 is 1. The third-order valence-corrected chi connectivity index (χ3v) is 4.16. The molecule has 21 heavy (non-hydrogen) atoms. The van der Waals surface area contributed by atoms with Gasteiger partial charge in [0.1, 0.15) is 5.75 Å². The molecular weight excluding hydrogens is 282 g/mol. The molecule has 106 valence electrons. The molecule has 1 heterocycles. The molecule has 1 N–H and O–H groups in total. The van der Waals surface area contributed by atoms with Crippen molar-refractivity contribution in [1.82, 2.24) is 5.10 Å². The van der Waals surface area contributed by atoms with Crippen LogP contribution in [0.3, 0.4) is 0 Å². The number of benzene rings is 2. The molecule has 0 fully saturated rings. The van der Waals surface area contributed by atoms with Crippen molar-refractivity contribution in [2.24, 2.45) is 7.05 Å². The number of aryl methyl sites for hydroxylation is 1. The third-order valence-electron chi connectivity index (χ3n) is 3.09. The Bertz CT molecular complexity index is 723. The second-order valence-electron chi connectivity index (χ2n) is 4.56. The van der Waals surface area contributed by atoms with Gasteiger partial charge < -0.3 is 10.1 Å². The van der Waals surface area contributed by atoms with Gasteiger partial charge in [-0.25, -0.2) is 0 Å². The maximum atomic E-state index is 5.19. The van der Waals surface area contributed by atoms with E-state index in [9.17, 15) is 0 Å². The predicted octanol–water partition coefficient (Wildman–Crippen LogP) is 3.39. The molecule has 4 nitrogen and oxygen atoms in total. The average Bonchev–Trinajstić information content (AvgIpc) is 2.89. The zero-order valence-corrected chi connectivity index (χ0v) is 12.7. The van der Waals surface area contributed by atoms with Gasteiger partial charge in [-0.3, -0.25) is 0 Å². The Hall–Kier alpha value is -2.40. The number of para-hydroxylation sites is 1. The highest BCUT2D eigenvalue weighted by Gasteiger charge is 2.18. The topological polar surface area (TPSA) is 38.0 Å². The molecule has 0 bridgehead atoms. The Morgan fingerprint density at radius 1 is 1.05 bits per heavy atom. The fourth-order valence-electron chi connectivity index (χ4n) is 2.03. The highest BCUT2D eigenvalue weighted by Crippen LogP contribution is 2.28. The van der Waals surface area contributed by atoms with Gasteiger partial charge in [0, 0.05) is 10.8 Å². The lowest BCUT2D eigenvalue weighted by Gasteiger charge is -1.98. The molecule has 0 aliphatic rings. The molecule has 3 rings (SSSR count). The molecule has 3 aromatic rings. The number of anilines is 2. The second-order valence-corrected chi connectivity index (χ2v) is 5.53. The zero-order chi connectivity index (χ0) is 14.7. The van der Waals surface area contributed by atoms with E-state index in [0.29, 0.717) is 0 Å². The largest absolute Gasteiger partial charge is 0.497 e. The van der Waals surface area contributed by atoms with E-state index < -0.39 is 0 Å². The van der Waals surface area contributed by atoms with Crippen LogP contribution in [0.5, 0.6) is 5.75 Å². The molecule has 0 unspecified atom stereocenters. The van der Waals surface area contributed by atoms with E-state index in [2.05, 4.69) is 10.4 Å². The molecule has 0 saturated carbocycles. The van der Waals surface area contributed by atoms with Crippen LogP contribution < -0.4 is 14.7 Å². The third kappa shape index (κ3) is 3.03. The molecule has 1 aromatic heterocycles. The lowest BCUT2D eigenvalue weighted by molar-refractivity contribution is -0.714. The van der Waals surface area contributed by atoms with Crippen LogP contribution in [0.1, 0.15) is 0 Å². The summed E-state index contributed by atoms with van der Waals surface area (Å²) >= 11 is 1.62.